The van der Waals surface area contributed by atoms with E-state index in [9.17, 15) is 0 Å². The van der Waals surface area contributed by atoms with Crippen molar-refractivity contribution in [3.05, 3.63) is 0 Å². The Bertz CT molecular complexity index is 139. The van der Waals surface area contributed by atoms with Crippen LogP contribution in [0.1, 0.15) is 52.4 Å². The predicted molar refractivity (Wildman–Crippen MR) is 62.4 cm³/mol. The quantitative estimate of drug-likeness (QED) is 0.735. The third-order valence-electron chi connectivity index (χ3n) is 3.23. The first-order valence-electron chi connectivity index (χ1n) is 6.27. The molecule has 2 heteroatoms. The second kappa shape index (κ2) is 6.41. The van der Waals surface area contributed by atoms with E-state index in [1.165, 1.54) is 51.6 Å². The fourth-order valence-corrected chi connectivity index (χ4v) is 2.58. The van der Waals surface area contributed by atoms with Crippen LogP contribution in [0.3, 0.4) is 0 Å². The zero-order chi connectivity index (χ0) is 10.4. The topological polar surface area (TPSA) is 29.3 Å². The maximum atomic E-state index is 6.03. The summed E-state index contributed by atoms with van der Waals surface area (Å²) in [6, 6.07) is 1.24. The summed E-state index contributed by atoms with van der Waals surface area (Å²) < 4.78 is 0. The van der Waals surface area contributed by atoms with Crippen LogP contribution < -0.4 is 5.73 Å². The first-order valence-corrected chi connectivity index (χ1v) is 6.27. The Morgan fingerprint density at radius 2 is 1.79 bits per heavy atom. The molecule has 1 aliphatic carbocycles. The van der Waals surface area contributed by atoms with Crippen molar-refractivity contribution in [3.63, 3.8) is 0 Å². The molecule has 0 aromatic carbocycles. The van der Waals surface area contributed by atoms with Crippen LogP contribution in [0.5, 0.6) is 0 Å². The number of rotatable bonds is 5. The van der Waals surface area contributed by atoms with E-state index in [2.05, 4.69) is 18.7 Å². The monoisotopic (exact) mass is 198 g/mol. The van der Waals surface area contributed by atoms with Gasteiger partial charge in [-0.2, -0.15) is 0 Å². The third kappa shape index (κ3) is 3.58. The summed E-state index contributed by atoms with van der Waals surface area (Å²) >= 11 is 0. The molecule has 0 aromatic heterocycles. The van der Waals surface area contributed by atoms with Gasteiger partial charge in [-0.05, 0) is 45.2 Å². The van der Waals surface area contributed by atoms with E-state index >= 15 is 0 Å². The molecule has 2 unspecified atom stereocenters. The summed E-state index contributed by atoms with van der Waals surface area (Å²) in [6.07, 6.45) is 7.70. The van der Waals surface area contributed by atoms with Crippen molar-refractivity contribution in [1.29, 1.82) is 0 Å². The van der Waals surface area contributed by atoms with Crippen molar-refractivity contribution >= 4 is 0 Å². The van der Waals surface area contributed by atoms with E-state index in [1.54, 1.807) is 0 Å². The van der Waals surface area contributed by atoms with Crippen molar-refractivity contribution in [1.82, 2.24) is 4.90 Å². The molecule has 0 bridgehead atoms. The lowest BCUT2D eigenvalue weighted by Crippen LogP contribution is -2.43. The van der Waals surface area contributed by atoms with Crippen LogP contribution in [0.25, 0.3) is 0 Å². The maximum absolute atomic E-state index is 6.03. The average Bonchev–Trinajstić information content (AvgIpc) is 2.17. The van der Waals surface area contributed by atoms with Crippen molar-refractivity contribution in [2.24, 2.45) is 5.73 Å². The van der Waals surface area contributed by atoms with E-state index in [1.807, 2.05) is 0 Å². The molecule has 0 radical (unpaired) electrons. The molecule has 1 rings (SSSR count). The Hall–Kier alpha value is -0.0800. The van der Waals surface area contributed by atoms with Gasteiger partial charge in [0.05, 0.1) is 0 Å². The summed E-state index contributed by atoms with van der Waals surface area (Å²) in [5.41, 5.74) is 6.03. The Balaban J connectivity index is 2.39. The molecule has 0 aliphatic heterocycles. The van der Waals surface area contributed by atoms with Gasteiger partial charge in [0.2, 0.25) is 0 Å². The van der Waals surface area contributed by atoms with E-state index in [4.69, 9.17) is 5.73 Å². The summed E-state index contributed by atoms with van der Waals surface area (Å²) in [5.74, 6) is 0. The minimum absolute atomic E-state index is 0.463. The van der Waals surface area contributed by atoms with Gasteiger partial charge in [0.15, 0.2) is 0 Å². The highest BCUT2D eigenvalue weighted by Gasteiger charge is 2.23. The molecule has 1 aliphatic rings. The minimum atomic E-state index is 0.463. The number of hydrogen-bond donors (Lipinski definition) is 1. The molecule has 14 heavy (non-hydrogen) atoms. The highest BCUT2D eigenvalue weighted by molar-refractivity contribution is 4.81. The Morgan fingerprint density at radius 3 is 2.29 bits per heavy atom. The largest absolute Gasteiger partial charge is 0.328 e. The minimum Gasteiger partial charge on any atom is -0.328 e. The molecule has 2 N–H and O–H groups in total. The lowest BCUT2D eigenvalue weighted by Gasteiger charge is -2.36. The molecule has 0 aromatic rings. The molecule has 2 nitrogen and oxygen atoms in total. The molecular formula is C12H26N2. The van der Waals surface area contributed by atoms with E-state index in [0.29, 0.717) is 6.04 Å². The Labute approximate surface area is 88.8 Å². The zero-order valence-corrected chi connectivity index (χ0v) is 9.84. The van der Waals surface area contributed by atoms with Crippen molar-refractivity contribution < 1.29 is 0 Å². The average molecular weight is 198 g/mol. The molecular weight excluding hydrogens is 172 g/mol. The van der Waals surface area contributed by atoms with Gasteiger partial charge in [0.25, 0.3) is 0 Å². The highest BCUT2D eigenvalue weighted by Crippen LogP contribution is 2.22. The van der Waals surface area contributed by atoms with Gasteiger partial charge in [0, 0.05) is 12.1 Å². The van der Waals surface area contributed by atoms with Gasteiger partial charge in [-0.25, -0.2) is 0 Å². The summed E-state index contributed by atoms with van der Waals surface area (Å²) in [4.78, 5) is 2.65. The van der Waals surface area contributed by atoms with Gasteiger partial charge in [0.1, 0.15) is 0 Å². The van der Waals surface area contributed by atoms with Crippen LogP contribution in [0.4, 0.5) is 0 Å². The molecule has 84 valence electrons. The Morgan fingerprint density at radius 1 is 1.14 bits per heavy atom. The van der Waals surface area contributed by atoms with E-state index in [0.717, 1.165) is 6.04 Å². The predicted octanol–water partition coefficient (Wildman–Crippen LogP) is 2.38. The van der Waals surface area contributed by atoms with Crippen molar-refractivity contribution in [3.8, 4) is 0 Å². The molecule has 0 saturated heterocycles. The molecule has 0 heterocycles. The first-order chi connectivity index (χ1) is 6.77. The fourth-order valence-electron chi connectivity index (χ4n) is 2.58. The van der Waals surface area contributed by atoms with Crippen LogP contribution >= 0.6 is 0 Å². The standard InChI is InChI=1S/C12H26N2/c1-3-8-14(9-4-2)12-7-5-6-11(13)10-12/h11-12H,3-10,13H2,1-2H3. The number of nitrogens with two attached hydrogens (primary N) is 1. The molecule has 0 amide bonds. The van der Waals surface area contributed by atoms with E-state index < -0.39 is 0 Å². The molecule has 1 fully saturated rings. The normalized spacial score (nSPS) is 28.3. The van der Waals surface area contributed by atoms with Gasteiger partial charge >= 0.3 is 0 Å². The SMILES string of the molecule is CCCN(CCC)C1CCCC(N)C1. The smallest absolute Gasteiger partial charge is 0.0110 e. The molecule has 1 saturated carbocycles. The van der Waals surface area contributed by atoms with Crippen LogP contribution in [0.15, 0.2) is 0 Å². The van der Waals surface area contributed by atoms with E-state index in [-0.39, 0.29) is 0 Å². The fraction of sp³-hybridized carbons (Fsp3) is 1.00. The van der Waals surface area contributed by atoms with Gasteiger partial charge in [-0.1, -0.05) is 20.3 Å². The lowest BCUT2D eigenvalue weighted by molar-refractivity contribution is 0.147. The Kier molecular flexibility index (Phi) is 5.49. The van der Waals surface area contributed by atoms with Crippen LogP contribution in [0, 0.1) is 0 Å². The highest BCUT2D eigenvalue weighted by atomic mass is 15.2. The van der Waals surface area contributed by atoms with Gasteiger partial charge in [-0.3, -0.25) is 0 Å². The summed E-state index contributed by atoms with van der Waals surface area (Å²) in [6.45, 7) is 7.05. The zero-order valence-electron chi connectivity index (χ0n) is 9.84. The van der Waals surface area contributed by atoms with Gasteiger partial charge < -0.3 is 10.6 Å². The van der Waals surface area contributed by atoms with Crippen molar-refractivity contribution in [2.75, 3.05) is 13.1 Å². The number of hydrogen-bond acceptors (Lipinski definition) is 2. The number of nitrogens with zero attached hydrogens (tertiary/aromatic N) is 1. The summed E-state index contributed by atoms with van der Waals surface area (Å²) in [5, 5.41) is 0. The molecule has 0 spiro atoms. The second-order valence-electron chi connectivity index (χ2n) is 4.62. The lowest BCUT2D eigenvalue weighted by atomic mass is 9.90. The maximum Gasteiger partial charge on any atom is 0.0110 e. The molecule has 2 atom stereocenters. The third-order valence-corrected chi connectivity index (χ3v) is 3.23. The van der Waals surface area contributed by atoms with Crippen LogP contribution in [-0.4, -0.2) is 30.1 Å². The summed E-state index contributed by atoms with van der Waals surface area (Å²) in [7, 11) is 0. The second-order valence-corrected chi connectivity index (χ2v) is 4.62. The first kappa shape index (κ1) is 12.0. The van der Waals surface area contributed by atoms with Crippen molar-refractivity contribution in [2.45, 2.75) is 64.5 Å². The van der Waals surface area contributed by atoms with Crippen LogP contribution in [0.2, 0.25) is 0 Å². The van der Waals surface area contributed by atoms with Gasteiger partial charge in [-0.15, -0.1) is 0 Å². The van der Waals surface area contributed by atoms with Crippen LogP contribution in [-0.2, 0) is 0 Å².